The molecule has 4 nitrogen and oxygen atoms in total. The van der Waals surface area contributed by atoms with Gasteiger partial charge in [0.05, 0.1) is 6.04 Å². The molecule has 1 amide bonds. The molecule has 1 aliphatic heterocycles. The number of fused-ring (bicyclic) bond motifs is 1. The van der Waals surface area contributed by atoms with Crippen LogP contribution in [0.15, 0.2) is 97.1 Å². The van der Waals surface area contributed by atoms with Crippen LogP contribution in [0.3, 0.4) is 0 Å². The minimum Gasteiger partial charge on any atom is -0.481 e. The molecule has 0 aromatic heterocycles. The van der Waals surface area contributed by atoms with Gasteiger partial charge in [0.25, 0.3) is 5.91 Å². The van der Waals surface area contributed by atoms with E-state index in [-0.39, 0.29) is 11.9 Å². The van der Waals surface area contributed by atoms with Gasteiger partial charge in [-0.2, -0.15) is 0 Å². The van der Waals surface area contributed by atoms with E-state index >= 15 is 0 Å². The zero-order valence-electron chi connectivity index (χ0n) is 23.2. The van der Waals surface area contributed by atoms with Crippen LogP contribution in [-0.4, -0.2) is 23.5 Å². The van der Waals surface area contributed by atoms with E-state index in [1.165, 1.54) is 33.4 Å². The zero-order valence-corrected chi connectivity index (χ0v) is 23.2. The van der Waals surface area contributed by atoms with Gasteiger partial charge < -0.3 is 10.1 Å². The molecule has 0 aliphatic carbocycles. The van der Waals surface area contributed by atoms with Gasteiger partial charge in [-0.25, -0.2) is 0 Å². The van der Waals surface area contributed by atoms with Gasteiger partial charge in [-0.3, -0.25) is 9.69 Å². The Hall–Kier alpha value is -3.89. The lowest BCUT2D eigenvalue weighted by molar-refractivity contribution is -0.128. The molecule has 4 aromatic carbocycles. The molecule has 200 valence electrons. The number of carbonyl (C=O) groups is 1. The van der Waals surface area contributed by atoms with Gasteiger partial charge in [0.15, 0.2) is 6.10 Å². The van der Waals surface area contributed by atoms with Gasteiger partial charge in [-0.1, -0.05) is 103 Å². The van der Waals surface area contributed by atoms with Crippen LogP contribution in [0.5, 0.6) is 5.75 Å². The van der Waals surface area contributed by atoms with Crippen molar-refractivity contribution in [3.05, 3.63) is 136 Å². The number of aryl methyl sites for hydroxylation is 2. The van der Waals surface area contributed by atoms with E-state index in [4.69, 9.17) is 4.74 Å². The molecule has 0 radical (unpaired) electrons. The fraction of sp³-hybridized carbons (Fsp3) is 0.286. The smallest absolute Gasteiger partial charge is 0.261 e. The van der Waals surface area contributed by atoms with Gasteiger partial charge in [0.1, 0.15) is 5.75 Å². The highest BCUT2D eigenvalue weighted by molar-refractivity contribution is 5.81. The maximum Gasteiger partial charge on any atom is 0.261 e. The fourth-order valence-corrected chi connectivity index (χ4v) is 5.57. The Balaban J connectivity index is 1.37. The SMILES string of the molecule is CC[C@H](Oc1ccc2c(c1)[C@H](c1ccccc1)N(Cc1cccc(C)c1)CC2)C(=O)NCc1cccc(C)c1. The molecule has 1 N–H and O–H groups in total. The Bertz CT molecular complexity index is 1420. The van der Waals surface area contributed by atoms with Gasteiger partial charge in [0.2, 0.25) is 0 Å². The summed E-state index contributed by atoms with van der Waals surface area (Å²) in [4.78, 5) is 15.6. The third-order valence-electron chi connectivity index (χ3n) is 7.52. The summed E-state index contributed by atoms with van der Waals surface area (Å²) < 4.78 is 6.33. The third kappa shape index (κ3) is 6.58. The van der Waals surface area contributed by atoms with Crippen molar-refractivity contribution in [1.82, 2.24) is 10.2 Å². The van der Waals surface area contributed by atoms with E-state index in [2.05, 4.69) is 103 Å². The lowest BCUT2D eigenvalue weighted by atomic mass is 9.87. The maximum atomic E-state index is 13.0. The quantitative estimate of drug-likeness (QED) is 0.261. The normalized spacial score (nSPS) is 15.8. The van der Waals surface area contributed by atoms with E-state index in [1.807, 2.05) is 25.1 Å². The van der Waals surface area contributed by atoms with Crippen LogP contribution in [0.4, 0.5) is 0 Å². The molecule has 1 heterocycles. The standard InChI is InChI=1S/C35H38N2O2/c1-4-33(35(38)36-23-27-12-8-10-25(2)20-27)39-31-17-16-29-18-19-37(24-28-13-9-11-26(3)21-28)34(32(29)22-31)30-14-6-5-7-15-30/h5-17,20-22,33-34H,4,18-19,23-24H2,1-3H3,(H,36,38)/t33-,34-/m0/s1. The highest BCUT2D eigenvalue weighted by atomic mass is 16.5. The van der Waals surface area contributed by atoms with Crippen LogP contribution in [0.2, 0.25) is 0 Å². The first-order chi connectivity index (χ1) is 19.0. The highest BCUT2D eigenvalue weighted by Gasteiger charge is 2.30. The summed E-state index contributed by atoms with van der Waals surface area (Å²) in [5.74, 6) is 0.655. The average molecular weight is 519 g/mol. The number of rotatable bonds is 9. The van der Waals surface area contributed by atoms with Crippen molar-refractivity contribution >= 4 is 5.91 Å². The number of benzene rings is 4. The molecule has 0 saturated heterocycles. The number of carbonyl (C=O) groups excluding carboxylic acids is 1. The Morgan fingerprint density at radius 3 is 2.33 bits per heavy atom. The van der Waals surface area contributed by atoms with E-state index in [0.717, 1.165) is 30.8 Å². The molecular formula is C35H38N2O2. The lowest BCUT2D eigenvalue weighted by Gasteiger charge is -2.38. The van der Waals surface area contributed by atoms with Gasteiger partial charge >= 0.3 is 0 Å². The van der Waals surface area contributed by atoms with Crippen LogP contribution in [-0.2, 0) is 24.3 Å². The van der Waals surface area contributed by atoms with Crippen molar-refractivity contribution in [3.63, 3.8) is 0 Å². The Morgan fingerprint density at radius 1 is 0.897 bits per heavy atom. The van der Waals surface area contributed by atoms with Crippen molar-refractivity contribution in [2.24, 2.45) is 0 Å². The second-order valence-electron chi connectivity index (χ2n) is 10.6. The first kappa shape index (κ1) is 26.7. The number of amides is 1. The number of nitrogens with one attached hydrogen (secondary N) is 1. The molecule has 1 aliphatic rings. The minimum atomic E-state index is -0.546. The maximum absolute atomic E-state index is 13.0. The molecule has 0 spiro atoms. The van der Waals surface area contributed by atoms with E-state index in [1.54, 1.807) is 0 Å². The molecule has 0 bridgehead atoms. The molecule has 4 aromatic rings. The number of hydrogen-bond donors (Lipinski definition) is 1. The Kier molecular flexibility index (Phi) is 8.43. The molecule has 5 rings (SSSR count). The first-order valence-electron chi connectivity index (χ1n) is 14.0. The van der Waals surface area contributed by atoms with Crippen molar-refractivity contribution in [2.45, 2.75) is 58.8 Å². The van der Waals surface area contributed by atoms with Crippen LogP contribution >= 0.6 is 0 Å². The summed E-state index contributed by atoms with van der Waals surface area (Å²) in [5, 5.41) is 3.06. The summed E-state index contributed by atoms with van der Waals surface area (Å²) in [6.07, 6.45) is 1.03. The summed E-state index contributed by atoms with van der Waals surface area (Å²) in [6, 6.07) is 34.2. The summed E-state index contributed by atoms with van der Waals surface area (Å²) in [5.41, 5.74) is 8.74. The van der Waals surface area contributed by atoms with Crippen LogP contribution < -0.4 is 10.1 Å². The molecule has 0 unspecified atom stereocenters. The van der Waals surface area contributed by atoms with Crippen LogP contribution in [0.25, 0.3) is 0 Å². The Morgan fingerprint density at radius 2 is 1.62 bits per heavy atom. The molecule has 0 saturated carbocycles. The molecule has 4 heteroatoms. The van der Waals surface area contributed by atoms with Crippen molar-refractivity contribution < 1.29 is 9.53 Å². The summed E-state index contributed by atoms with van der Waals surface area (Å²) >= 11 is 0. The lowest BCUT2D eigenvalue weighted by Crippen LogP contribution is -2.38. The summed E-state index contributed by atoms with van der Waals surface area (Å²) in [6.45, 7) is 8.56. The van der Waals surface area contributed by atoms with Crippen molar-refractivity contribution in [3.8, 4) is 5.75 Å². The van der Waals surface area contributed by atoms with Gasteiger partial charge in [-0.15, -0.1) is 0 Å². The Labute approximate surface area is 232 Å². The summed E-state index contributed by atoms with van der Waals surface area (Å²) in [7, 11) is 0. The molecular weight excluding hydrogens is 480 g/mol. The molecule has 39 heavy (non-hydrogen) atoms. The predicted molar refractivity (Wildman–Crippen MR) is 158 cm³/mol. The van der Waals surface area contributed by atoms with Gasteiger partial charge in [0, 0.05) is 19.6 Å². The van der Waals surface area contributed by atoms with Crippen LogP contribution in [0, 0.1) is 13.8 Å². The predicted octanol–water partition coefficient (Wildman–Crippen LogP) is 6.92. The van der Waals surface area contributed by atoms with Crippen LogP contribution in [0.1, 0.15) is 58.3 Å². The fourth-order valence-electron chi connectivity index (χ4n) is 5.57. The first-order valence-corrected chi connectivity index (χ1v) is 14.0. The van der Waals surface area contributed by atoms with E-state index in [9.17, 15) is 4.79 Å². The molecule has 0 fully saturated rings. The van der Waals surface area contributed by atoms with Gasteiger partial charge in [-0.05, 0) is 66.6 Å². The van der Waals surface area contributed by atoms with E-state index < -0.39 is 6.10 Å². The van der Waals surface area contributed by atoms with E-state index in [0.29, 0.717) is 13.0 Å². The number of ether oxygens (including phenoxy) is 1. The highest BCUT2D eigenvalue weighted by Crippen LogP contribution is 2.38. The van der Waals surface area contributed by atoms with Crippen molar-refractivity contribution in [2.75, 3.05) is 6.54 Å². The monoisotopic (exact) mass is 518 g/mol. The molecule has 2 atom stereocenters. The topological polar surface area (TPSA) is 41.6 Å². The number of nitrogens with zero attached hydrogens (tertiary/aromatic N) is 1. The second kappa shape index (κ2) is 12.3. The minimum absolute atomic E-state index is 0.0857. The number of hydrogen-bond acceptors (Lipinski definition) is 3. The zero-order chi connectivity index (χ0) is 27.2. The third-order valence-corrected chi connectivity index (χ3v) is 7.52. The van der Waals surface area contributed by atoms with Crippen molar-refractivity contribution in [1.29, 1.82) is 0 Å². The second-order valence-corrected chi connectivity index (χ2v) is 10.6. The average Bonchev–Trinajstić information content (AvgIpc) is 2.95. The largest absolute Gasteiger partial charge is 0.481 e.